The fourth-order valence-corrected chi connectivity index (χ4v) is 2.57. The monoisotopic (exact) mass is 286 g/mol. The number of aryl methyl sites for hydroxylation is 1. The zero-order valence-corrected chi connectivity index (χ0v) is 11.5. The van der Waals surface area contributed by atoms with Crippen LogP contribution in [0.2, 0.25) is 10.0 Å². The summed E-state index contributed by atoms with van der Waals surface area (Å²) in [5.74, 6) is 0.138. The van der Waals surface area contributed by atoms with Gasteiger partial charge in [-0.3, -0.25) is 4.79 Å². The van der Waals surface area contributed by atoms with Gasteiger partial charge in [-0.25, -0.2) is 0 Å². The second-order valence-electron chi connectivity index (χ2n) is 4.60. The SMILES string of the molecule is N[C@H]1CCN(C(=O)CCc2cccc(Cl)c2Cl)C1. The normalized spacial score (nSPS) is 19.3. The molecule has 1 fully saturated rings. The molecule has 0 spiro atoms. The smallest absolute Gasteiger partial charge is 0.222 e. The van der Waals surface area contributed by atoms with Gasteiger partial charge in [-0.2, -0.15) is 0 Å². The molecule has 1 aromatic carbocycles. The molecule has 0 aromatic heterocycles. The number of rotatable bonds is 3. The molecular weight excluding hydrogens is 271 g/mol. The van der Waals surface area contributed by atoms with Gasteiger partial charge in [0.2, 0.25) is 5.91 Å². The van der Waals surface area contributed by atoms with Gasteiger partial charge in [-0.05, 0) is 24.5 Å². The van der Waals surface area contributed by atoms with Gasteiger partial charge in [0.05, 0.1) is 10.0 Å². The summed E-state index contributed by atoms with van der Waals surface area (Å²) in [5.41, 5.74) is 6.70. The van der Waals surface area contributed by atoms with Crippen molar-refractivity contribution in [3.63, 3.8) is 0 Å². The van der Waals surface area contributed by atoms with Crippen LogP contribution in [0.25, 0.3) is 0 Å². The summed E-state index contributed by atoms with van der Waals surface area (Å²) in [6.45, 7) is 1.44. The second-order valence-corrected chi connectivity index (χ2v) is 5.39. The first-order valence-electron chi connectivity index (χ1n) is 6.04. The molecule has 1 heterocycles. The number of likely N-dealkylation sites (tertiary alicyclic amines) is 1. The minimum Gasteiger partial charge on any atom is -0.341 e. The summed E-state index contributed by atoms with van der Waals surface area (Å²) in [4.78, 5) is 13.8. The van der Waals surface area contributed by atoms with Crippen LogP contribution in [0, 0.1) is 0 Å². The predicted molar refractivity (Wildman–Crippen MR) is 74.0 cm³/mol. The average molecular weight is 287 g/mol. The lowest BCUT2D eigenvalue weighted by molar-refractivity contribution is -0.130. The first-order chi connectivity index (χ1) is 8.58. The van der Waals surface area contributed by atoms with Crippen LogP contribution in [0.3, 0.4) is 0 Å². The van der Waals surface area contributed by atoms with Crippen LogP contribution in [-0.4, -0.2) is 29.9 Å². The van der Waals surface area contributed by atoms with E-state index in [9.17, 15) is 4.79 Å². The summed E-state index contributed by atoms with van der Waals surface area (Å²) in [6, 6.07) is 5.62. The molecular formula is C13H16Cl2N2O. The molecule has 1 saturated heterocycles. The number of amides is 1. The van der Waals surface area contributed by atoms with Crippen LogP contribution in [0.5, 0.6) is 0 Å². The van der Waals surface area contributed by atoms with Gasteiger partial charge >= 0.3 is 0 Å². The number of carbonyl (C=O) groups is 1. The molecule has 1 aromatic rings. The zero-order chi connectivity index (χ0) is 13.1. The number of nitrogens with two attached hydrogens (primary N) is 1. The van der Waals surface area contributed by atoms with E-state index in [1.165, 1.54) is 0 Å². The van der Waals surface area contributed by atoms with Gasteiger partial charge in [-0.1, -0.05) is 35.3 Å². The van der Waals surface area contributed by atoms with Crippen LogP contribution in [0.15, 0.2) is 18.2 Å². The van der Waals surface area contributed by atoms with E-state index >= 15 is 0 Å². The van der Waals surface area contributed by atoms with Gasteiger partial charge in [0, 0.05) is 25.6 Å². The second kappa shape index (κ2) is 5.91. The summed E-state index contributed by atoms with van der Waals surface area (Å²) < 4.78 is 0. The Bertz CT molecular complexity index is 451. The molecule has 0 aliphatic carbocycles. The highest BCUT2D eigenvalue weighted by molar-refractivity contribution is 6.42. The Morgan fingerprint density at radius 3 is 2.89 bits per heavy atom. The molecule has 2 N–H and O–H groups in total. The van der Waals surface area contributed by atoms with E-state index in [4.69, 9.17) is 28.9 Å². The summed E-state index contributed by atoms with van der Waals surface area (Å²) in [5, 5.41) is 1.08. The van der Waals surface area contributed by atoms with E-state index < -0.39 is 0 Å². The van der Waals surface area contributed by atoms with Crippen LogP contribution < -0.4 is 5.73 Å². The maximum atomic E-state index is 12.0. The van der Waals surface area contributed by atoms with Gasteiger partial charge in [0.25, 0.3) is 0 Å². The van der Waals surface area contributed by atoms with Crippen LogP contribution in [0.1, 0.15) is 18.4 Å². The molecule has 1 amide bonds. The Balaban J connectivity index is 1.91. The highest BCUT2D eigenvalue weighted by atomic mass is 35.5. The molecule has 0 unspecified atom stereocenters. The van der Waals surface area contributed by atoms with Crippen molar-refractivity contribution in [2.24, 2.45) is 5.73 Å². The lowest BCUT2D eigenvalue weighted by atomic mass is 10.1. The lowest BCUT2D eigenvalue weighted by Crippen LogP contribution is -2.31. The van der Waals surface area contributed by atoms with Crippen molar-refractivity contribution in [1.29, 1.82) is 0 Å². The topological polar surface area (TPSA) is 46.3 Å². The molecule has 0 saturated carbocycles. The van der Waals surface area contributed by atoms with Gasteiger partial charge in [0.15, 0.2) is 0 Å². The molecule has 1 aliphatic rings. The summed E-state index contributed by atoms with van der Waals surface area (Å²) in [7, 11) is 0. The van der Waals surface area contributed by atoms with Crippen molar-refractivity contribution >= 4 is 29.1 Å². The minimum atomic E-state index is 0.128. The Morgan fingerprint density at radius 2 is 2.22 bits per heavy atom. The lowest BCUT2D eigenvalue weighted by Gasteiger charge is -2.15. The Hall–Kier alpha value is -0.770. The van der Waals surface area contributed by atoms with Crippen molar-refractivity contribution < 1.29 is 4.79 Å². The van der Waals surface area contributed by atoms with Gasteiger partial charge in [0.1, 0.15) is 0 Å². The van der Waals surface area contributed by atoms with Gasteiger partial charge in [-0.15, -0.1) is 0 Å². The fourth-order valence-electron chi connectivity index (χ4n) is 2.16. The minimum absolute atomic E-state index is 0.128. The molecule has 0 radical (unpaired) electrons. The Kier molecular flexibility index (Phi) is 4.49. The molecule has 18 heavy (non-hydrogen) atoms. The zero-order valence-electron chi connectivity index (χ0n) is 10.0. The fraction of sp³-hybridized carbons (Fsp3) is 0.462. The maximum absolute atomic E-state index is 12.0. The highest BCUT2D eigenvalue weighted by Gasteiger charge is 2.23. The Morgan fingerprint density at radius 1 is 1.44 bits per heavy atom. The van der Waals surface area contributed by atoms with Crippen molar-refractivity contribution in [3.05, 3.63) is 33.8 Å². The van der Waals surface area contributed by atoms with E-state index in [1.807, 2.05) is 17.0 Å². The van der Waals surface area contributed by atoms with Gasteiger partial charge < -0.3 is 10.6 Å². The van der Waals surface area contributed by atoms with Crippen LogP contribution >= 0.6 is 23.2 Å². The van der Waals surface area contributed by atoms with E-state index in [0.717, 1.165) is 18.5 Å². The first kappa shape index (κ1) is 13.7. The molecule has 1 aliphatic heterocycles. The van der Waals surface area contributed by atoms with E-state index in [1.54, 1.807) is 6.07 Å². The molecule has 2 rings (SSSR count). The quantitative estimate of drug-likeness (QED) is 0.928. The third-order valence-electron chi connectivity index (χ3n) is 3.22. The summed E-state index contributed by atoms with van der Waals surface area (Å²) in [6.07, 6.45) is 1.96. The Labute approximate surface area is 117 Å². The third-order valence-corrected chi connectivity index (χ3v) is 4.08. The van der Waals surface area contributed by atoms with E-state index in [2.05, 4.69) is 0 Å². The average Bonchev–Trinajstić information content (AvgIpc) is 2.77. The molecule has 98 valence electrons. The summed E-state index contributed by atoms with van der Waals surface area (Å²) >= 11 is 12.0. The van der Waals surface area contributed by atoms with E-state index in [-0.39, 0.29) is 11.9 Å². The standard InChI is InChI=1S/C13H16Cl2N2O/c14-11-3-1-2-9(13(11)15)4-5-12(18)17-7-6-10(16)8-17/h1-3,10H,4-8,16H2/t10-/m0/s1. The maximum Gasteiger partial charge on any atom is 0.222 e. The van der Waals surface area contributed by atoms with Crippen molar-refractivity contribution in [1.82, 2.24) is 4.90 Å². The van der Waals surface area contributed by atoms with Crippen molar-refractivity contribution in [3.8, 4) is 0 Å². The van der Waals surface area contributed by atoms with Crippen LogP contribution in [0.4, 0.5) is 0 Å². The largest absolute Gasteiger partial charge is 0.341 e. The van der Waals surface area contributed by atoms with Crippen LogP contribution in [-0.2, 0) is 11.2 Å². The number of halogens is 2. The van der Waals surface area contributed by atoms with E-state index in [0.29, 0.717) is 29.4 Å². The number of carbonyl (C=O) groups excluding carboxylic acids is 1. The number of hydrogen-bond acceptors (Lipinski definition) is 2. The highest BCUT2D eigenvalue weighted by Crippen LogP contribution is 2.26. The molecule has 3 nitrogen and oxygen atoms in total. The number of hydrogen-bond donors (Lipinski definition) is 1. The number of nitrogens with zero attached hydrogens (tertiary/aromatic N) is 1. The third kappa shape index (κ3) is 3.16. The molecule has 5 heteroatoms. The first-order valence-corrected chi connectivity index (χ1v) is 6.80. The molecule has 0 bridgehead atoms. The van der Waals surface area contributed by atoms with Crippen molar-refractivity contribution in [2.75, 3.05) is 13.1 Å². The predicted octanol–water partition coefficient (Wildman–Crippen LogP) is 2.49. The molecule has 1 atom stereocenters. The van der Waals surface area contributed by atoms with Crippen molar-refractivity contribution in [2.45, 2.75) is 25.3 Å². The number of benzene rings is 1.